The average Bonchev–Trinajstić information content (AvgIpc) is 2.69. The number of ketones is 1. The van der Waals surface area contributed by atoms with Crippen LogP contribution in [-0.2, 0) is 0 Å². The zero-order valence-corrected chi connectivity index (χ0v) is 10.1. The quantitative estimate of drug-likeness (QED) is 0.852. The van der Waals surface area contributed by atoms with Crippen molar-refractivity contribution in [3.8, 4) is 0 Å². The molecule has 1 atom stereocenters. The van der Waals surface area contributed by atoms with Gasteiger partial charge in [-0.15, -0.1) is 0 Å². The van der Waals surface area contributed by atoms with E-state index in [0.717, 1.165) is 12.3 Å². The van der Waals surface area contributed by atoms with E-state index in [1.165, 1.54) is 6.07 Å². The topological polar surface area (TPSA) is 42.2 Å². The van der Waals surface area contributed by atoms with Gasteiger partial charge in [0.25, 0.3) is 0 Å². The van der Waals surface area contributed by atoms with Crippen LogP contribution in [0.1, 0.15) is 24.2 Å². The Morgan fingerprint density at radius 2 is 2.11 bits per heavy atom. The van der Waals surface area contributed by atoms with Crippen LogP contribution in [0.5, 0.6) is 0 Å². The first kappa shape index (κ1) is 12.7. The number of carbonyl (C=O) groups excluding carboxylic acids is 1. The SMILES string of the molecule is CCN[C@@H](C)C(=O)c1cc2occ(F)c2cc1F. The van der Waals surface area contributed by atoms with Crippen molar-refractivity contribution in [2.75, 3.05) is 6.54 Å². The van der Waals surface area contributed by atoms with Crippen molar-refractivity contribution >= 4 is 16.8 Å². The highest BCUT2D eigenvalue weighted by Crippen LogP contribution is 2.24. The van der Waals surface area contributed by atoms with E-state index >= 15 is 0 Å². The van der Waals surface area contributed by atoms with Crippen molar-refractivity contribution in [1.29, 1.82) is 0 Å². The van der Waals surface area contributed by atoms with E-state index in [9.17, 15) is 13.6 Å². The van der Waals surface area contributed by atoms with Gasteiger partial charge in [-0.3, -0.25) is 4.79 Å². The van der Waals surface area contributed by atoms with E-state index < -0.39 is 17.7 Å². The first-order valence-electron chi connectivity index (χ1n) is 5.68. The van der Waals surface area contributed by atoms with Crippen molar-refractivity contribution in [1.82, 2.24) is 5.32 Å². The number of hydrogen-bond acceptors (Lipinski definition) is 3. The van der Waals surface area contributed by atoms with Gasteiger partial charge in [0, 0.05) is 0 Å². The predicted molar refractivity (Wildman–Crippen MR) is 63.6 cm³/mol. The molecule has 1 heterocycles. The molecule has 1 aromatic heterocycles. The third-order valence-electron chi connectivity index (χ3n) is 2.78. The molecule has 1 N–H and O–H groups in total. The van der Waals surface area contributed by atoms with Crippen LogP contribution in [-0.4, -0.2) is 18.4 Å². The van der Waals surface area contributed by atoms with Crippen molar-refractivity contribution in [2.24, 2.45) is 0 Å². The summed E-state index contributed by atoms with van der Waals surface area (Å²) in [6.07, 6.45) is 0.895. The molecule has 18 heavy (non-hydrogen) atoms. The van der Waals surface area contributed by atoms with Crippen LogP contribution in [0, 0.1) is 11.6 Å². The lowest BCUT2D eigenvalue weighted by Crippen LogP contribution is -2.34. The highest BCUT2D eigenvalue weighted by Gasteiger charge is 2.20. The molecule has 0 amide bonds. The molecule has 0 unspecified atom stereocenters. The molecule has 0 saturated carbocycles. The van der Waals surface area contributed by atoms with Crippen molar-refractivity contribution in [3.63, 3.8) is 0 Å². The zero-order valence-electron chi connectivity index (χ0n) is 10.1. The molecular weight excluding hydrogens is 240 g/mol. The van der Waals surface area contributed by atoms with E-state index in [1.54, 1.807) is 6.92 Å². The molecule has 5 heteroatoms. The number of nitrogens with one attached hydrogen (secondary N) is 1. The van der Waals surface area contributed by atoms with Crippen molar-refractivity contribution in [2.45, 2.75) is 19.9 Å². The van der Waals surface area contributed by atoms with Gasteiger partial charge in [-0.1, -0.05) is 6.92 Å². The molecule has 96 valence electrons. The molecule has 0 spiro atoms. The number of rotatable bonds is 4. The van der Waals surface area contributed by atoms with E-state index in [4.69, 9.17) is 4.42 Å². The summed E-state index contributed by atoms with van der Waals surface area (Å²) in [5.41, 5.74) is 0.0752. The van der Waals surface area contributed by atoms with E-state index in [-0.39, 0.29) is 22.3 Å². The van der Waals surface area contributed by atoms with Crippen LogP contribution in [0.2, 0.25) is 0 Å². The van der Waals surface area contributed by atoms with Gasteiger partial charge in [-0.25, -0.2) is 8.78 Å². The molecule has 0 aliphatic carbocycles. The zero-order chi connectivity index (χ0) is 13.3. The molecule has 2 rings (SSSR count). The van der Waals surface area contributed by atoms with Gasteiger partial charge >= 0.3 is 0 Å². The maximum absolute atomic E-state index is 13.8. The molecule has 0 fully saturated rings. The smallest absolute Gasteiger partial charge is 0.182 e. The fourth-order valence-electron chi connectivity index (χ4n) is 1.84. The van der Waals surface area contributed by atoms with Gasteiger partial charge in [0.1, 0.15) is 17.7 Å². The molecule has 1 aromatic carbocycles. The summed E-state index contributed by atoms with van der Waals surface area (Å²) < 4.78 is 31.9. The number of Topliss-reactive ketones (excluding diaryl/α,β-unsaturated/α-hetero) is 1. The average molecular weight is 253 g/mol. The summed E-state index contributed by atoms with van der Waals surface area (Å²) in [6.45, 7) is 4.11. The second-order valence-corrected chi connectivity index (χ2v) is 4.06. The van der Waals surface area contributed by atoms with Gasteiger partial charge in [-0.05, 0) is 25.6 Å². The lowest BCUT2D eigenvalue weighted by atomic mass is 10.0. The Labute approximate surface area is 103 Å². The fraction of sp³-hybridized carbons (Fsp3) is 0.308. The third kappa shape index (κ3) is 2.13. The molecular formula is C13H13F2NO2. The summed E-state index contributed by atoms with van der Waals surface area (Å²) >= 11 is 0. The van der Waals surface area contributed by atoms with Crippen LogP contribution in [0.15, 0.2) is 22.8 Å². The number of fused-ring (bicyclic) bond motifs is 1. The van der Waals surface area contributed by atoms with E-state index in [2.05, 4.69) is 5.32 Å². The Morgan fingerprint density at radius 3 is 2.78 bits per heavy atom. The first-order chi connectivity index (χ1) is 8.54. The number of furan rings is 1. The monoisotopic (exact) mass is 253 g/mol. The molecule has 3 nitrogen and oxygen atoms in total. The van der Waals surface area contributed by atoms with E-state index in [0.29, 0.717) is 6.54 Å². The van der Waals surface area contributed by atoms with Gasteiger partial charge < -0.3 is 9.73 Å². The van der Waals surface area contributed by atoms with Crippen LogP contribution in [0.3, 0.4) is 0 Å². The van der Waals surface area contributed by atoms with Gasteiger partial charge in [-0.2, -0.15) is 0 Å². The standard InChI is InChI=1S/C13H13F2NO2/c1-3-16-7(2)13(17)9-5-12-8(4-10(9)14)11(15)6-18-12/h4-7,16H,3H2,1-2H3/t7-/m0/s1. The normalized spacial score (nSPS) is 12.9. The second-order valence-electron chi connectivity index (χ2n) is 4.06. The summed E-state index contributed by atoms with van der Waals surface area (Å²) in [5.74, 6) is -1.76. The second kappa shape index (κ2) is 4.86. The fourth-order valence-corrected chi connectivity index (χ4v) is 1.84. The molecule has 2 aromatic rings. The Hall–Kier alpha value is -1.75. The Bertz CT molecular complexity index is 592. The number of likely N-dealkylation sites (N-methyl/N-ethyl adjacent to an activating group) is 1. The molecule has 0 aliphatic rings. The Kier molecular flexibility index (Phi) is 3.43. The Morgan fingerprint density at radius 1 is 1.39 bits per heavy atom. The minimum atomic E-state index is -0.738. The number of halogens is 2. The Balaban J connectivity index is 2.44. The molecule has 0 saturated heterocycles. The third-order valence-corrected chi connectivity index (χ3v) is 2.78. The summed E-state index contributed by atoms with van der Waals surface area (Å²) in [4.78, 5) is 12.0. The number of carbonyl (C=O) groups is 1. The summed E-state index contributed by atoms with van der Waals surface area (Å²) in [6, 6.07) is 1.73. The highest BCUT2D eigenvalue weighted by molar-refractivity contribution is 6.02. The first-order valence-corrected chi connectivity index (χ1v) is 5.68. The van der Waals surface area contributed by atoms with E-state index in [1.807, 2.05) is 6.92 Å². The van der Waals surface area contributed by atoms with Gasteiger partial charge in [0.15, 0.2) is 11.6 Å². The maximum Gasteiger partial charge on any atom is 0.182 e. The van der Waals surface area contributed by atoms with Gasteiger partial charge in [0.2, 0.25) is 0 Å². The number of hydrogen-bond donors (Lipinski definition) is 1. The van der Waals surface area contributed by atoms with Crippen LogP contribution in [0.25, 0.3) is 11.0 Å². The minimum absolute atomic E-state index is 0.0418. The van der Waals surface area contributed by atoms with Crippen LogP contribution < -0.4 is 5.32 Å². The summed E-state index contributed by atoms with van der Waals surface area (Å²) in [7, 11) is 0. The highest BCUT2D eigenvalue weighted by atomic mass is 19.1. The van der Waals surface area contributed by atoms with Crippen molar-refractivity contribution in [3.05, 3.63) is 35.6 Å². The lowest BCUT2D eigenvalue weighted by Gasteiger charge is -2.11. The largest absolute Gasteiger partial charge is 0.461 e. The van der Waals surface area contributed by atoms with Gasteiger partial charge in [0.05, 0.1) is 17.0 Å². The van der Waals surface area contributed by atoms with Crippen LogP contribution >= 0.6 is 0 Å². The lowest BCUT2D eigenvalue weighted by molar-refractivity contribution is 0.0948. The predicted octanol–water partition coefficient (Wildman–Crippen LogP) is 2.89. The molecule has 0 radical (unpaired) electrons. The minimum Gasteiger partial charge on any atom is -0.461 e. The maximum atomic E-state index is 13.8. The molecule has 0 bridgehead atoms. The summed E-state index contributed by atoms with van der Waals surface area (Å²) in [5, 5.41) is 2.95. The molecule has 0 aliphatic heterocycles. The number of benzene rings is 1. The van der Waals surface area contributed by atoms with Crippen LogP contribution in [0.4, 0.5) is 8.78 Å². The van der Waals surface area contributed by atoms with Crippen molar-refractivity contribution < 1.29 is 18.0 Å².